The van der Waals surface area contributed by atoms with E-state index in [0.29, 0.717) is 32.5 Å². The third kappa shape index (κ3) is 12.6. The first-order valence-electron chi connectivity index (χ1n) is 24.2. The number of hydrogen-bond acceptors (Lipinski definition) is 16. The van der Waals surface area contributed by atoms with Crippen molar-refractivity contribution in [2.24, 2.45) is 17.8 Å². The van der Waals surface area contributed by atoms with E-state index in [1.165, 1.54) is 14.0 Å². The lowest BCUT2D eigenvalue weighted by molar-refractivity contribution is -0.321. The maximum atomic E-state index is 14.5. The molecule has 0 spiro atoms. The highest BCUT2D eigenvalue weighted by molar-refractivity contribution is 5.90. The lowest BCUT2D eigenvalue weighted by Crippen LogP contribution is -2.61. The fraction of sp³-hybridized carbons (Fsp3) is 0.800. The predicted octanol–water partition coefficient (Wildman–Crippen LogP) is 4.98. The molecule has 2 aromatic rings. The SMILES string of the molecule is CC[C@H]1OC(=O)[C@H](C)[C@@H](O[C@H]2C[C@@](C)(OC)[C@@H](O)[C@H](C)O2)[C@H](C)[C@@H](O[C@@H]2O[C@H](C)C[C@H](N(C)C)[C@H]2OCCCNc2ccnc3ccccc23)[C@](C)(O)C[C@@H](C)CN(C)[C@H](C)[C@@H](O)[C@]1(C)O. The van der Waals surface area contributed by atoms with Crippen LogP contribution >= 0.6 is 0 Å². The molecule has 3 aliphatic rings. The van der Waals surface area contributed by atoms with E-state index in [-0.39, 0.29) is 37.3 Å². The minimum Gasteiger partial charge on any atom is -0.459 e. The van der Waals surface area contributed by atoms with Crippen molar-refractivity contribution in [3.05, 3.63) is 36.5 Å². The van der Waals surface area contributed by atoms with Crippen LogP contribution in [0.15, 0.2) is 36.5 Å². The van der Waals surface area contributed by atoms with Crippen molar-refractivity contribution in [1.29, 1.82) is 0 Å². The van der Waals surface area contributed by atoms with E-state index in [1.807, 2.05) is 84.1 Å². The van der Waals surface area contributed by atoms with Gasteiger partial charge in [-0.15, -0.1) is 0 Å². The van der Waals surface area contributed by atoms with Crippen LogP contribution in [0.1, 0.15) is 101 Å². The topological polar surface area (TPSA) is 194 Å². The molecule has 18 atom stereocenters. The van der Waals surface area contributed by atoms with Gasteiger partial charge in [0.2, 0.25) is 0 Å². The van der Waals surface area contributed by atoms with E-state index in [0.717, 1.165) is 16.6 Å². The second kappa shape index (κ2) is 22.9. The average molecular weight is 933 g/mol. The Morgan fingerprint density at radius 2 is 1.65 bits per heavy atom. The number of nitrogens with zero attached hydrogens (tertiary/aromatic N) is 3. The molecular formula is C50H84N4O12. The third-order valence-electron chi connectivity index (χ3n) is 14.8. The van der Waals surface area contributed by atoms with Crippen molar-refractivity contribution in [2.45, 2.75) is 192 Å². The average Bonchev–Trinajstić information content (AvgIpc) is 3.26. The summed E-state index contributed by atoms with van der Waals surface area (Å²) in [5, 5.41) is 52.2. The normalized spacial score (nSPS) is 41.6. The number of esters is 1. The number of aromatic nitrogens is 1. The van der Waals surface area contributed by atoms with Crippen molar-refractivity contribution in [3.63, 3.8) is 0 Å². The van der Waals surface area contributed by atoms with E-state index in [9.17, 15) is 25.2 Å². The van der Waals surface area contributed by atoms with Gasteiger partial charge < -0.3 is 68.7 Å². The molecule has 0 bridgehead atoms. The molecule has 0 unspecified atom stereocenters. The van der Waals surface area contributed by atoms with Crippen LogP contribution in [0.25, 0.3) is 10.9 Å². The number of aliphatic hydroxyl groups excluding tert-OH is 2. The summed E-state index contributed by atoms with van der Waals surface area (Å²) in [5.74, 6) is -2.56. The Bertz CT molecular complexity index is 1830. The van der Waals surface area contributed by atoms with Gasteiger partial charge in [-0.05, 0) is 113 Å². The molecule has 3 fully saturated rings. The monoisotopic (exact) mass is 933 g/mol. The zero-order chi connectivity index (χ0) is 48.9. The van der Waals surface area contributed by atoms with E-state index >= 15 is 0 Å². The second-order valence-electron chi connectivity index (χ2n) is 20.7. The Morgan fingerprint density at radius 3 is 2.32 bits per heavy atom. The molecular weight excluding hydrogens is 849 g/mol. The number of benzene rings is 1. The molecule has 0 radical (unpaired) electrons. The number of carbonyl (C=O) groups excluding carboxylic acids is 1. The molecule has 0 aliphatic carbocycles. The van der Waals surface area contributed by atoms with Gasteiger partial charge in [-0.25, -0.2) is 0 Å². The summed E-state index contributed by atoms with van der Waals surface area (Å²) >= 11 is 0. The van der Waals surface area contributed by atoms with Crippen molar-refractivity contribution in [3.8, 4) is 0 Å². The number of nitrogens with one attached hydrogen (secondary N) is 1. The van der Waals surface area contributed by atoms with Crippen molar-refractivity contribution in [2.75, 3.05) is 53.3 Å². The number of fused-ring (bicyclic) bond motifs is 1. The standard InChI is InChI=1S/C50H84N4O12/c1-15-39-50(10,59)43(55)33(6)54(13)28-29(2)26-48(8,58)45(31(4)41(32(5)46(57)64-39)65-40-27-49(9,60-14)44(56)34(7)63-40)66-47-42(38(53(11)12)25-30(3)62-47)61-24-18-22-51-37-21-23-52-36-20-17-16-19-35(36)37/h16-17,19-21,23,29-34,38-45,47,55-56,58-59H,15,18,22,24-28H2,1-14H3,(H,51,52)/t29-,30-,31+,32-,33-,34+,38+,39-,40+,41+,42-,43-,44+,45-,47+,48-,49-,50-/m1/s1. The van der Waals surface area contributed by atoms with Crippen LogP contribution in [-0.2, 0) is 38.0 Å². The van der Waals surface area contributed by atoms with Gasteiger partial charge in [-0.3, -0.25) is 9.78 Å². The minimum atomic E-state index is -1.81. The van der Waals surface area contributed by atoms with Gasteiger partial charge in [0, 0.05) is 68.5 Å². The minimum absolute atomic E-state index is 0.103. The molecule has 0 saturated carbocycles. The number of carbonyl (C=O) groups is 1. The Labute approximate surface area is 393 Å². The molecule has 16 heteroatoms. The Kier molecular flexibility index (Phi) is 18.9. The smallest absolute Gasteiger partial charge is 0.311 e. The first-order valence-corrected chi connectivity index (χ1v) is 24.2. The summed E-state index contributed by atoms with van der Waals surface area (Å²) in [4.78, 5) is 23.1. The maximum Gasteiger partial charge on any atom is 0.311 e. The van der Waals surface area contributed by atoms with Gasteiger partial charge in [0.1, 0.15) is 30.0 Å². The molecule has 16 nitrogen and oxygen atoms in total. The van der Waals surface area contributed by atoms with Gasteiger partial charge in [-0.1, -0.05) is 39.0 Å². The quantitative estimate of drug-likeness (QED) is 0.133. The molecule has 0 amide bonds. The zero-order valence-electron chi connectivity index (χ0n) is 42.2. The van der Waals surface area contributed by atoms with E-state index < -0.39 is 96.0 Å². The number of rotatable bonds is 13. The highest BCUT2D eigenvalue weighted by Crippen LogP contribution is 2.40. The molecule has 5 rings (SSSR count). The Morgan fingerprint density at radius 1 is 0.955 bits per heavy atom. The number of hydrogen-bond donors (Lipinski definition) is 5. The Balaban J connectivity index is 1.51. The van der Waals surface area contributed by atoms with Crippen LogP contribution in [0, 0.1) is 17.8 Å². The lowest BCUT2D eigenvalue weighted by Gasteiger charge is -2.49. The van der Waals surface area contributed by atoms with Crippen LogP contribution in [0.5, 0.6) is 0 Å². The Hall–Kier alpha value is -2.58. The van der Waals surface area contributed by atoms with Crippen LogP contribution in [0.2, 0.25) is 0 Å². The summed E-state index contributed by atoms with van der Waals surface area (Å²) in [6, 6.07) is 9.34. The van der Waals surface area contributed by atoms with Crippen LogP contribution in [-0.4, -0.2) is 179 Å². The fourth-order valence-corrected chi connectivity index (χ4v) is 10.7. The molecule has 3 saturated heterocycles. The molecule has 4 heterocycles. The molecule has 376 valence electrons. The van der Waals surface area contributed by atoms with Gasteiger partial charge >= 0.3 is 5.97 Å². The summed E-state index contributed by atoms with van der Waals surface area (Å²) in [5.41, 5.74) is -2.48. The number of para-hydroxylation sites is 1. The van der Waals surface area contributed by atoms with Crippen molar-refractivity contribution >= 4 is 22.6 Å². The molecule has 66 heavy (non-hydrogen) atoms. The number of methoxy groups -OCH3 is 1. The summed E-state index contributed by atoms with van der Waals surface area (Å²) < 4.78 is 45.8. The number of anilines is 1. The summed E-state index contributed by atoms with van der Waals surface area (Å²) in [6.45, 7) is 19.5. The first kappa shape index (κ1) is 54.4. The summed E-state index contributed by atoms with van der Waals surface area (Å²) in [7, 11) is 7.42. The lowest BCUT2D eigenvalue weighted by atomic mass is 9.77. The van der Waals surface area contributed by atoms with Crippen molar-refractivity contribution in [1.82, 2.24) is 14.8 Å². The molecule has 1 aromatic carbocycles. The predicted molar refractivity (Wildman–Crippen MR) is 253 cm³/mol. The highest BCUT2D eigenvalue weighted by Gasteiger charge is 2.53. The van der Waals surface area contributed by atoms with Gasteiger partial charge in [0.15, 0.2) is 12.6 Å². The zero-order valence-corrected chi connectivity index (χ0v) is 42.2. The molecule has 5 N–H and O–H groups in total. The van der Waals surface area contributed by atoms with Crippen molar-refractivity contribution < 1.29 is 58.4 Å². The highest BCUT2D eigenvalue weighted by atomic mass is 16.7. The van der Waals surface area contributed by atoms with Crippen LogP contribution in [0.4, 0.5) is 5.69 Å². The second-order valence-corrected chi connectivity index (χ2v) is 20.7. The van der Waals surface area contributed by atoms with E-state index in [1.54, 1.807) is 40.8 Å². The van der Waals surface area contributed by atoms with Gasteiger partial charge in [0.05, 0.1) is 47.1 Å². The fourth-order valence-electron chi connectivity index (χ4n) is 10.7. The summed E-state index contributed by atoms with van der Waals surface area (Å²) in [6.07, 6.45) is -4.91. The number of pyridine rings is 1. The van der Waals surface area contributed by atoms with E-state index in [4.69, 9.17) is 33.2 Å². The number of cyclic esters (lactones) is 1. The van der Waals surface area contributed by atoms with E-state index in [2.05, 4.69) is 15.2 Å². The van der Waals surface area contributed by atoms with Crippen LogP contribution < -0.4 is 5.32 Å². The number of likely N-dealkylation sites (N-methyl/N-ethyl adjacent to an activating group) is 2. The molecule has 3 aliphatic heterocycles. The molecule has 1 aromatic heterocycles. The van der Waals surface area contributed by atoms with Crippen LogP contribution in [0.3, 0.4) is 0 Å². The number of aliphatic hydroxyl groups is 4. The third-order valence-corrected chi connectivity index (χ3v) is 14.8. The van der Waals surface area contributed by atoms with Gasteiger partial charge in [-0.2, -0.15) is 0 Å². The van der Waals surface area contributed by atoms with Gasteiger partial charge in [0.25, 0.3) is 0 Å². The number of ether oxygens (including phenoxy) is 7. The first-order chi connectivity index (χ1) is 30.9. The largest absolute Gasteiger partial charge is 0.459 e. The maximum absolute atomic E-state index is 14.5.